The number of nitro groups is 1. The molecule has 4 rings (SSSR count). The number of unbranched alkanes of at least 4 members (excludes halogenated alkanes) is 4. The van der Waals surface area contributed by atoms with Crippen LogP contribution in [0.3, 0.4) is 0 Å². The highest BCUT2D eigenvalue weighted by atomic mass is 35.5. The largest absolute Gasteiger partial charge is 0.353 e. The minimum atomic E-state index is -4.03. The summed E-state index contributed by atoms with van der Waals surface area (Å²) in [7, 11) is -4.03. The van der Waals surface area contributed by atoms with Crippen molar-refractivity contribution in [2.75, 3.05) is 0 Å². The quantitative estimate of drug-likeness (QED) is 0.0913. The van der Waals surface area contributed by atoms with E-state index in [2.05, 4.69) is 6.92 Å². The van der Waals surface area contributed by atoms with Crippen LogP contribution in [0.1, 0.15) is 51.5 Å². The van der Waals surface area contributed by atoms with Gasteiger partial charge < -0.3 is 4.57 Å². The van der Waals surface area contributed by atoms with Gasteiger partial charge in [0.2, 0.25) is 9.84 Å². The Labute approximate surface area is 249 Å². The first kappa shape index (κ1) is 31.1. The highest BCUT2D eigenvalue weighted by Gasteiger charge is 2.22. The van der Waals surface area contributed by atoms with E-state index >= 15 is 0 Å². The predicted octanol–water partition coefficient (Wildman–Crippen LogP) is 8.25. The van der Waals surface area contributed by atoms with Crippen LogP contribution in [0.15, 0.2) is 87.6 Å². The lowest BCUT2D eigenvalue weighted by Crippen LogP contribution is -2.13. The van der Waals surface area contributed by atoms with Crippen molar-refractivity contribution in [1.29, 1.82) is 0 Å². The van der Waals surface area contributed by atoms with Crippen molar-refractivity contribution in [3.05, 3.63) is 110 Å². The van der Waals surface area contributed by atoms with Crippen LogP contribution in [0.4, 0.5) is 10.1 Å². The molecule has 7 nitrogen and oxygen atoms in total. The van der Waals surface area contributed by atoms with Crippen molar-refractivity contribution >= 4 is 27.1 Å². The summed E-state index contributed by atoms with van der Waals surface area (Å²) >= 11 is 6.57. The van der Waals surface area contributed by atoms with E-state index in [-0.39, 0.29) is 31.5 Å². The van der Waals surface area contributed by atoms with Gasteiger partial charge in [-0.2, -0.15) is 0 Å². The van der Waals surface area contributed by atoms with E-state index in [9.17, 15) is 27.7 Å². The summed E-state index contributed by atoms with van der Waals surface area (Å²) in [6.45, 7) is 4.60. The van der Waals surface area contributed by atoms with Gasteiger partial charge in [0, 0.05) is 52.8 Å². The Balaban J connectivity index is 1.71. The van der Waals surface area contributed by atoms with Gasteiger partial charge in [0.25, 0.3) is 5.69 Å². The maximum absolute atomic E-state index is 14.7. The molecule has 0 amide bonds. The van der Waals surface area contributed by atoms with Crippen molar-refractivity contribution in [3.8, 4) is 22.3 Å². The summed E-state index contributed by atoms with van der Waals surface area (Å²) in [5.41, 5.74) is 1.62. The van der Waals surface area contributed by atoms with Crippen molar-refractivity contribution in [1.82, 2.24) is 4.57 Å². The van der Waals surface area contributed by atoms with Crippen molar-refractivity contribution in [2.45, 2.75) is 68.7 Å². The Kier molecular flexibility index (Phi) is 9.96. The molecule has 0 bridgehead atoms. The third-order valence-corrected chi connectivity index (χ3v) is 9.26. The number of hydrogen-bond acceptors (Lipinski definition) is 5. The number of non-ortho nitro benzene ring substituents is 1. The molecule has 0 spiro atoms. The van der Waals surface area contributed by atoms with Crippen LogP contribution in [0.5, 0.6) is 0 Å². The van der Waals surface area contributed by atoms with Crippen LogP contribution in [-0.4, -0.2) is 17.9 Å². The van der Waals surface area contributed by atoms with Gasteiger partial charge in [0.05, 0.1) is 14.7 Å². The molecule has 0 saturated carbocycles. The molecule has 4 aromatic rings. The summed E-state index contributed by atoms with van der Waals surface area (Å²) in [6.07, 6.45) is 9.50. The number of aromatic nitrogens is 1. The number of halogens is 2. The Hall–Kier alpha value is -3.82. The van der Waals surface area contributed by atoms with Crippen LogP contribution in [0, 0.1) is 15.9 Å². The molecule has 220 valence electrons. The molecule has 0 radical (unpaired) electrons. The van der Waals surface area contributed by atoms with Crippen LogP contribution < -0.4 is 5.43 Å². The Morgan fingerprint density at radius 1 is 0.857 bits per heavy atom. The first-order valence-electron chi connectivity index (χ1n) is 13.9. The standard InChI is InChI=1S/C32H32ClFN2O5S/c1-3-5-6-7-8-9-22-16-23(18-24(34)17-22)29-20-35(4-2)21-30(32(29)37)28-15-14-27(19-31(28)33)42(40,41)26-12-10-25(11-13-26)36(38)39/h10-21H,3-9H2,1-2H3. The number of benzene rings is 3. The number of rotatable bonds is 12. The second kappa shape index (κ2) is 13.4. The highest BCUT2D eigenvalue weighted by Crippen LogP contribution is 2.32. The second-order valence-corrected chi connectivity index (χ2v) is 12.5. The van der Waals surface area contributed by atoms with Crippen LogP contribution in [-0.2, 0) is 22.8 Å². The van der Waals surface area contributed by atoms with Crippen molar-refractivity contribution in [2.24, 2.45) is 0 Å². The van der Waals surface area contributed by atoms with E-state index in [4.69, 9.17) is 11.6 Å². The molecule has 0 saturated heterocycles. The van der Waals surface area contributed by atoms with Crippen molar-refractivity contribution in [3.63, 3.8) is 0 Å². The molecule has 42 heavy (non-hydrogen) atoms. The molecule has 0 aliphatic rings. The molecular formula is C32H32ClFN2O5S. The summed E-state index contributed by atoms with van der Waals surface area (Å²) in [4.78, 5) is 23.8. The van der Waals surface area contributed by atoms with Gasteiger partial charge in [-0.3, -0.25) is 14.9 Å². The third kappa shape index (κ3) is 6.97. The molecule has 1 heterocycles. The zero-order valence-corrected chi connectivity index (χ0v) is 25.1. The van der Waals surface area contributed by atoms with E-state index in [0.29, 0.717) is 29.7 Å². The fourth-order valence-corrected chi connectivity index (χ4v) is 6.49. The van der Waals surface area contributed by atoms with Gasteiger partial charge in [0.15, 0.2) is 5.43 Å². The molecule has 10 heteroatoms. The van der Waals surface area contributed by atoms with Crippen LogP contribution in [0.25, 0.3) is 22.3 Å². The fraction of sp³-hybridized carbons (Fsp3) is 0.281. The molecule has 0 aliphatic heterocycles. The zero-order chi connectivity index (χ0) is 30.4. The van der Waals surface area contributed by atoms with Gasteiger partial charge in [-0.15, -0.1) is 0 Å². The monoisotopic (exact) mass is 610 g/mol. The molecule has 0 N–H and O–H groups in total. The highest BCUT2D eigenvalue weighted by molar-refractivity contribution is 7.91. The first-order chi connectivity index (χ1) is 20.0. The Morgan fingerprint density at radius 2 is 1.52 bits per heavy atom. The van der Waals surface area contributed by atoms with E-state index in [1.807, 2.05) is 13.0 Å². The number of pyridine rings is 1. The topological polar surface area (TPSA) is 99.3 Å². The normalized spacial score (nSPS) is 11.5. The molecule has 0 fully saturated rings. The summed E-state index contributed by atoms with van der Waals surface area (Å²) in [6, 6.07) is 13.3. The fourth-order valence-electron chi connectivity index (χ4n) is 4.86. The molecular weight excluding hydrogens is 579 g/mol. The number of aryl methyl sites for hydroxylation is 2. The summed E-state index contributed by atoms with van der Waals surface area (Å²) in [5.74, 6) is -0.414. The van der Waals surface area contributed by atoms with Crippen molar-refractivity contribution < 1.29 is 17.7 Å². The average molecular weight is 611 g/mol. The average Bonchev–Trinajstić information content (AvgIpc) is 2.97. The van der Waals surface area contributed by atoms with Gasteiger partial charge in [0.1, 0.15) is 5.82 Å². The summed E-state index contributed by atoms with van der Waals surface area (Å²) in [5, 5.41) is 11.0. The zero-order valence-electron chi connectivity index (χ0n) is 23.5. The molecule has 1 aromatic heterocycles. The number of hydrogen-bond donors (Lipinski definition) is 0. The van der Waals surface area contributed by atoms with Gasteiger partial charge in [-0.25, -0.2) is 12.8 Å². The number of nitro benzene ring substituents is 1. The minimum absolute atomic E-state index is 0.0434. The maximum Gasteiger partial charge on any atom is 0.269 e. The van der Waals surface area contributed by atoms with E-state index in [1.165, 1.54) is 36.8 Å². The SMILES string of the molecule is CCCCCCCc1cc(F)cc(-c2cn(CC)cc(-c3ccc(S(=O)(=O)c4ccc([N+](=O)[O-])cc4)cc3Cl)c2=O)c1. The van der Waals surface area contributed by atoms with Gasteiger partial charge in [-0.1, -0.05) is 56.3 Å². The summed E-state index contributed by atoms with van der Waals surface area (Å²) < 4.78 is 42.9. The number of sulfone groups is 1. The van der Waals surface area contributed by atoms with E-state index < -0.39 is 20.6 Å². The first-order valence-corrected chi connectivity index (χ1v) is 15.7. The van der Waals surface area contributed by atoms with E-state index in [0.717, 1.165) is 55.5 Å². The lowest BCUT2D eigenvalue weighted by atomic mass is 9.97. The molecule has 0 atom stereocenters. The smallest absolute Gasteiger partial charge is 0.269 e. The van der Waals surface area contributed by atoms with Gasteiger partial charge in [-0.05, 0) is 67.3 Å². The maximum atomic E-state index is 14.7. The van der Waals surface area contributed by atoms with Crippen LogP contribution in [0.2, 0.25) is 5.02 Å². The lowest BCUT2D eigenvalue weighted by Gasteiger charge is -2.14. The Morgan fingerprint density at radius 3 is 2.17 bits per heavy atom. The third-order valence-electron chi connectivity index (χ3n) is 7.18. The molecule has 3 aromatic carbocycles. The lowest BCUT2D eigenvalue weighted by molar-refractivity contribution is -0.384. The predicted molar refractivity (Wildman–Crippen MR) is 163 cm³/mol. The molecule has 0 aliphatic carbocycles. The van der Waals surface area contributed by atoms with E-state index in [1.54, 1.807) is 17.0 Å². The Bertz CT molecular complexity index is 1770. The van der Waals surface area contributed by atoms with Crippen LogP contribution >= 0.6 is 11.6 Å². The minimum Gasteiger partial charge on any atom is -0.353 e. The second-order valence-electron chi connectivity index (χ2n) is 10.2. The number of nitrogens with zero attached hydrogens (tertiary/aromatic N) is 2. The molecule has 0 unspecified atom stereocenters. The van der Waals surface area contributed by atoms with Gasteiger partial charge >= 0.3 is 0 Å².